The second kappa shape index (κ2) is 3.43. The molecule has 8 heavy (non-hydrogen) atoms. The predicted octanol–water partition coefficient (Wildman–Crippen LogP) is 1.89. The van der Waals surface area contributed by atoms with Gasteiger partial charge < -0.3 is 0 Å². The predicted molar refractivity (Wildman–Crippen MR) is 30.0 cm³/mol. The van der Waals surface area contributed by atoms with Crippen molar-refractivity contribution in [2.75, 3.05) is 0 Å². The summed E-state index contributed by atoms with van der Waals surface area (Å²) < 4.78 is 12.3. The fourth-order valence-corrected chi connectivity index (χ4v) is 0.323. The van der Waals surface area contributed by atoms with Crippen molar-refractivity contribution in [3.63, 3.8) is 0 Å². The van der Waals surface area contributed by atoms with Gasteiger partial charge in [0.1, 0.15) is 6.17 Å². The lowest BCUT2D eigenvalue weighted by Gasteiger charge is -2.04. The summed E-state index contributed by atoms with van der Waals surface area (Å²) in [5, 5.41) is 8.00. The van der Waals surface area contributed by atoms with E-state index in [4.69, 9.17) is 5.26 Å². The molecule has 0 rings (SSSR count). The quantitative estimate of drug-likeness (QED) is 0.539. The topological polar surface area (TPSA) is 23.8 Å². The van der Waals surface area contributed by atoms with Crippen LogP contribution in [0.2, 0.25) is 0 Å². The summed E-state index contributed by atoms with van der Waals surface area (Å²) in [7, 11) is 0. The third-order valence-corrected chi connectivity index (χ3v) is 1.01. The summed E-state index contributed by atoms with van der Waals surface area (Å²) in [6, 6.07) is 1.77. The average Bonchev–Trinajstić information content (AvgIpc) is 1.67. The van der Waals surface area contributed by atoms with Crippen LogP contribution in [0.5, 0.6) is 0 Å². The van der Waals surface area contributed by atoms with Gasteiger partial charge in [0.15, 0.2) is 0 Å². The molecule has 46 valence electrons. The fourth-order valence-electron chi connectivity index (χ4n) is 0.323. The molecule has 0 radical (unpaired) electrons. The molecule has 1 nitrogen and oxygen atoms in total. The Labute approximate surface area is 49.1 Å². The Morgan fingerprint density at radius 3 is 2.25 bits per heavy atom. The molecule has 2 heteroatoms. The summed E-state index contributed by atoms with van der Waals surface area (Å²) in [6.07, 6.45) is -0.919. The third kappa shape index (κ3) is 2.57. The average molecular weight is 115 g/mol. The molecule has 0 saturated heterocycles. The second-order valence-corrected chi connectivity index (χ2v) is 2.12. The van der Waals surface area contributed by atoms with E-state index in [1.165, 1.54) is 0 Å². The van der Waals surface area contributed by atoms with Crippen LogP contribution < -0.4 is 0 Å². The third-order valence-electron chi connectivity index (χ3n) is 1.01. The Morgan fingerprint density at radius 1 is 1.62 bits per heavy atom. The summed E-state index contributed by atoms with van der Waals surface area (Å²) >= 11 is 0. The van der Waals surface area contributed by atoms with E-state index in [9.17, 15) is 4.39 Å². The van der Waals surface area contributed by atoms with Gasteiger partial charge in [-0.3, -0.25) is 0 Å². The van der Waals surface area contributed by atoms with Crippen molar-refractivity contribution in [2.45, 2.75) is 26.4 Å². The lowest BCUT2D eigenvalue weighted by Crippen LogP contribution is -2.06. The van der Waals surface area contributed by atoms with Crippen molar-refractivity contribution in [3.05, 3.63) is 0 Å². The molecule has 0 spiro atoms. The standard InChI is InChI=1S/C6H10FN/c1-5(2)6(7)3-4-8/h5-6H,3H2,1-2H3. The smallest absolute Gasteiger partial charge is 0.115 e. The normalized spacial score (nSPS) is 13.4. The first kappa shape index (κ1) is 7.42. The van der Waals surface area contributed by atoms with Crippen LogP contribution >= 0.6 is 0 Å². The Kier molecular flexibility index (Phi) is 3.18. The summed E-state index contributed by atoms with van der Waals surface area (Å²) in [6.45, 7) is 3.53. The zero-order chi connectivity index (χ0) is 6.57. The number of alkyl halides is 1. The molecule has 0 aliphatic carbocycles. The maximum Gasteiger partial charge on any atom is 0.115 e. The molecule has 0 aromatic rings. The van der Waals surface area contributed by atoms with Crippen LogP contribution in [0.1, 0.15) is 20.3 Å². The summed E-state index contributed by atoms with van der Waals surface area (Å²) in [5.74, 6) is -0.0188. The van der Waals surface area contributed by atoms with E-state index < -0.39 is 6.17 Å². The van der Waals surface area contributed by atoms with E-state index in [1.54, 1.807) is 19.9 Å². The number of nitrogens with zero attached hydrogens (tertiary/aromatic N) is 1. The van der Waals surface area contributed by atoms with E-state index in [0.29, 0.717) is 0 Å². The zero-order valence-electron chi connectivity index (χ0n) is 5.19. The van der Waals surface area contributed by atoms with E-state index in [0.717, 1.165) is 0 Å². The Hall–Kier alpha value is -0.580. The molecule has 1 atom stereocenters. The minimum atomic E-state index is -0.944. The van der Waals surface area contributed by atoms with Crippen LogP contribution in [0.25, 0.3) is 0 Å². The van der Waals surface area contributed by atoms with Crippen LogP contribution in [-0.2, 0) is 0 Å². The highest BCUT2D eigenvalue weighted by molar-refractivity contribution is 4.76. The van der Waals surface area contributed by atoms with Crippen LogP contribution in [0.4, 0.5) is 4.39 Å². The molecule has 0 N–H and O–H groups in total. The van der Waals surface area contributed by atoms with E-state index >= 15 is 0 Å². The summed E-state index contributed by atoms with van der Waals surface area (Å²) in [5.41, 5.74) is 0. The monoisotopic (exact) mass is 115 g/mol. The molecule has 0 aliphatic heterocycles. The maximum absolute atomic E-state index is 12.3. The molecule has 0 amide bonds. The molecule has 0 saturated carbocycles. The van der Waals surface area contributed by atoms with Crippen LogP contribution in [0.15, 0.2) is 0 Å². The molecule has 0 heterocycles. The zero-order valence-corrected chi connectivity index (χ0v) is 5.19. The van der Waals surface area contributed by atoms with Crippen molar-refractivity contribution in [1.29, 1.82) is 5.26 Å². The molecular weight excluding hydrogens is 105 g/mol. The first-order valence-corrected chi connectivity index (χ1v) is 2.69. The molecule has 0 aliphatic rings. The fraction of sp³-hybridized carbons (Fsp3) is 0.833. The van der Waals surface area contributed by atoms with E-state index in [-0.39, 0.29) is 12.3 Å². The van der Waals surface area contributed by atoms with Gasteiger partial charge in [-0.05, 0) is 5.92 Å². The van der Waals surface area contributed by atoms with Gasteiger partial charge in [0, 0.05) is 0 Å². The Bertz CT molecular complexity index is 93.2. The van der Waals surface area contributed by atoms with Crippen molar-refractivity contribution in [3.8, 4) is 6.07 Å². The maximum atomic E-state index is 12.3. The van der Waals surface area contributed by atoms with Crippen molar-refractivity contribution < 1.29 is 4.39 Å². The van der Waals surface area contributed by atoms with Crippen LogP contribution in [0, 0.1) is 17.2 Å². The Morgan fingerprint density at radius 2 is 2.12 bits per heavy atom. The van der Waals surface area contributed by atoms with Gasteiger partial charge in [-0.2, -0.15) is 5.26 Å². The number of halogens is 1. The molecule has 0 aromatic heterocycles. The SMILES string of the molecule is CC(C)C(F)CC#N. The first-order chi connectivity index (χ1) is 3.68. The number of hydrogen-bond donors (Lipinski definition) is 0. The Balaban J connectivity index is 3.35. The highest BCUT2D eigenvalue weighted by Gasteiger charge is 2.08. The van der Waals surface area contributed by atoms with Gasteiger partial charge in [-0.15, -0.1) is 0 Å². The van der Waals surface area contributed by atoms with E-state index in [2.05, 4.69) is 0 Å². The van der Waals surface area contributed by atoms with Gasteiger partial charge in [0.25, 0.3) is 0 Å². The van der Waals surface area contributed by atoms with E-state index in [1.807, 2.05) is 0 Å². The van der Waals surface area contributed by atoms with Crippen molar-refractivity contribution in [2.24, 2.45) is 5.92 Å². The van der Waals surface area contributed by atoms with Crippen LogP contribution in [-0.4, -0.2) is 6.17 Å². The first-order valence-electron chi connectivity index (χ1n) is 2.69. The van der Waals surface area contributed by atoms with Gasteiger partial charge in [0.2, 0.25) is 0 Å². The lowest BCUT2D eigenvalue weighted by atomic mass is 10.1. The summed E-state index contributed by atoms with van der Waals surface area (Å²) in [4.78, 5) is 0. The van der Waals surface area contributed by atoms with Gasteiger partial charge in [0.05, 0.1) is 12.5 Å². The minimum Gasteiger partial charge on any atom is -0.246 e. The van der Waals surface area contributed by atoms with Crippen molar-refractivity contribution in [1.82, 2.24) is 0 Å². The van der Waals surface area contributed by atoms with Gasteiger partial charge in [-0.25, -0.2) is 4.39 Å². The highest BCUT2D eigenvalue weighted by atomic mass is 19.1. The van der Waals surface area contributed by atoms with Crippen LogP contribution in [0.3, 0.4) is 0 Å². The van der Waals surface area contributed by atoms with Gasteiger partial charge in [-0.1, -0.05) is 13.8 Å². The lowest BCUT2D eigenvalue weighted by molar-refractivity contribution is 0.260. The van der Waals surface area contributed by atoms with Gasteiger partial charge >= 0.3 is 0 Å². The molecular formula is C6H10FN. The molecule has 1 unspecified atom stereocenters. The second-order valence-electron chi connectivity index (χ2n) is 2.12. The molecule has 0 bridgehead atoms. The molecule has 0 aromatic carbocycles. The van der Waals surface area contributed by atoms with Crippen molar-refractivity contribution >= 4 is 0 Å². The number of nitriles is 1. The molecule has 0 fully saturated rings. The largest absolute Gasteiger partial charge is 0.246 e. The minimum absolute atomic E-state index is 0.0188. The number of rotatable bonds is 2. The number of hydrogen-bond acceptors (Lipinski definition) is 1. The highest BCUT2D eigenvalue weighted by Crippen LogP contribution is 2.08.